The summed E-state index contributed by atoms with van der Waals surface area (Å²) in [6.45, 7) is -1.74. The van der Waals surface area contributed by atoms with E-state index in [2.05, 4.69) is 25.7 Å². The molecule has 3 rings (SSSR count). The van der Waals surface area contributed by atoms with Crippen LogP contribution in [0.3, 0.4) is 0 Å². The Balaban J connectivity index is 0.00000363. The van der Waals surface area contributed by atoms with Gasteiger partial charge in [-0.3, -0.25) is 9.79 Å². The van der Waals surface area contributed by atoms with E-state index < -0.39 is 12.4 Å². The Morgan fingerprint density at radius 2 is 2.03 bits per heavy atom. The van der Waals surface area contributed by atoms with Gasteiger partial charge in [0.1, 0.15) is 11.6 Å². The van der Waals surface area contributed by atoms with Crippen LogP contribution in [0.25, 0.3) is 0 Å². The standard InChI is InChI=1S/C21H24F3N5O2.HI/c1-25-21(26-12-19(30)27-15-6-4-5-14(22)11-15)28-16-9-10-29(13-16)17-7-2-3-8-18(17)31-20(23)24;/h2-8,11,16,20H,9-10,12-13H2,1H3,(H,27,30)(H2,25,26,28);1H. The highest BCUT2D eigenvalue weighted by molar-refractivity contribution is 14.0. The monoisotopic (exact) mass is 563 g/mol. The maximum Gasteiger partial charge on any atom is 0.387 e. The van der Waals surface area contributed by atoms with Crippen molar-refractivity contribution in [2.75, 3.05) is 36.9 Å². The number of anilines is 2. The molecule has 0 aromatic heterocycles. The molecule has 1 aliphatic rings. The molecule has 0 radical (unpaired) electrons. The van der Waals surface area contributed by atoms with Gasteiger partial charge in [0.25, 0.3) is 0 Å². The molecule has 174 valence electrons. The minimum atomic E-state index is -2.89. The van der Waals surface area contributed by atoms with Crippen LogP contribution < -0.4 is 25.6 Å². The lowest BCUT2D eigenvalue weighted by molar-refractivity contribution is -0.115. The molecule has 0 aliphatic carbocycles. The van der Waals surface area contributed by atoms with Crippen molar-refractivity contribution in [3.8, 4) is 5.75 Å². The number of guanidine groups is 1. The van der Waals surface area contributed by atoms with Gasteiger partial charge in [-0.1, -0.05) is 18.2 Å². The van der Waals surface area contributed by atoms with Crippen molar-refractivity contribution in [3.05, 3.63) is 54.3 Å². The van der Waals surface area contributed by atoms with E-state index in [-0.39, 0.29) is 48.2 Å². The quantitative estimate of drug-likeness (QED) is 0.274. The summed E-state index contributed by atoms with van der Waals surface area (Å²) >= 11 is 0. The zero-order valence-corrected chi connectivity index (χ0v) is 19.7. The fraction of sp³-hybridized carbons (Fsp3) is 0.333. The summed E-state index contributed by atoms with van der Waals surface area (Å²) in [6, 6.07) is 12.3. The lowest BCUT2D eigenvalue weighted by Crippen LogP contribution is -2.46. The van der Waals surface area contributed by atoms with Gasteiger partial charge in [0.05, 0.1) is 12.2 Å². The average molecular weight is 563 g/mol. The number of nitrogens with one attached hydrogen (secondary N) is 3. The molecule has 2 aromatic rings. The number of amides is 1. The molecule has 0 saturated carbocycles. The predicted molar refractivity (Wildman–Crippen MR) is 129 cm³/mol. The van der Waals surface area contributed by atoms with Gasteiger partial charge < -0.3 is 25.6 Å². The third kappa shape index (κ3) is 7.46. The van der Waals surface area contributed by atoms with Crippen LogP contribution in [0.4, 0.5) is 24.5 Å². The molecule has 7 nitrogen and oxygen atoms in total. The van der Waals surface area contributed by atoms with Crippen LogP contribution in [-0.4, -0.2) is 51.2 Å². The Labute approximate surface area is 201 Å². The largest absolute Gasteiger partial charge is 0.433 e. The summed E-state index contributed by atoms with van der Waals surface area (Å²) in [4.78, 5) is 18.2. The molecule has 1 unspecified atom stereocenters. The maximum atomic E-state index is 13.2. The fourth-order valence-electron chi connectivity index (χ4n) is 3.33. The molecule has 1 aliphatic heterocycles. The number of aliphatic imine (C=N–C) groups is 1. The number of carbonyl (C=O) groups excluding carboxylic acids is 1. The van der Waals surface area contributed by atoms with Crippen LogP contribution in [0, 0.1) is 5.82 Å². The summed E-state index contributed by atoms with van der Waals surface area (Å²) in [5, 5.41) is 8.73. The first-order chi connectivity index (χ1) is 14.9. The van der Waals surface area contributed by atoms with E-state index in [0.29, 0.717) is 30.4 Å². The van der Waals surface area contributed by atoms with Gasteiger partial charge in [-0.05, 0) is 36.8 Å². The molecule has 32 heavy (non-hydrogen) atoms. The minimum Gasteiger partial charge on any atom is -0.433 e. The molecule has 3 N–H and O–H groups in total. The van der Waals surface area contributed by atoms with Gasteiger partial charge in [0, 0.05) is 31.9 Å². The van der Waals surface area contributed by atoms with E-state index in [1.807, 2.05) is 4.90 Å². The van der Waals surface area contributed by atoms with Crippen LogP contribution >= 0.6 is 24.0 Å². The highest BCUT2D eigenvalue weighted by Gasteiger charge is 2.26. The van der Waals surface area contributed by atoms with Crippen LogP contribution in [0.15, 0.2) is 53.5 Å². The summed E-state index contributed by atoms with van der Waals surface area (Å²) in [6.07, 6.45) is 0.749. The second kappa shape index (κ2) is 12.4. The molecule has 1 heterocycles. The Kier molecular flexibility index (Phi) is 9.88. The Bertz CT molecular complexity index is 932. The number of alkyl halides is 2. The second-order valence-corrected chi connectivity index (χ2v) is 6.91. The van der Waals surface area contributed by atoms with Crippen LogP contribution in [-0.2, 0) is 4.79 Å². The van der Waals surface area contributed by atoms with Crippen molar-refractivity contribution in [1.82, 2.24) is 10.6 Å². The first-order valence-corrected chi connectivity index (χ1v) is 9.76. The zero-order chi connectivity index (χ0) is 22.2. The van der Waals surface area contributed by atoms with Crippen molar-refractivity contribution in [2.45, 2.75) is 19.1 Å². The first-order valence-electron chi connectivity index (χ1n) is 9.76. The molecule has 11 heteroatoms. The Morgan fingerprint density at radius 1 is 1.25 bits per heavy atom. The highest BCUT2D eigenvalue weighted by Crippen LogP contribution is 2.31. The smallest absolute Gasteiger partial charge is 0.387 e. The third-order valence-corrected chi connectivity index (χ3v) is 4.70. The number of hydrogen-bond donors (Lipinski definition) is 3. The molecule has 0 bridgehead atoms. The second-order valence-electron chi connectivity index (χ2n) is 6.91. The van der Waals surface area contributed by atoms with Gasteiger partial charge in [-0.25, -0.2) is 4.39 Å². The average Bonchev–Trinajstić information content (AvgIpc) is 3.19. The lowest BCUT2D eigenvalue weighted by Gasteiger charge is -2.22. The van der Waals surface area contributed by atoms with E-state index in [9.17, 15) is 18.0 Å². The van der Waals surface area contributed by atoms with Crippen LogP contribution in [0.2, 0.25) is 0 Å². The Hall–Kier alpha value is -2.70. The molecular weight excluding hydrogens is 538 g/mol. The summed E-state index contributed by atoms with van der Waals surface area (Å²) in [5.41, 5.74) is 0.968. The lowest BCUT2D eigenvalue weighted by atomic mass is 10.2. The number of nitrogens with zero attached hydrogens (tertiary/aromatic N) is 2. The normalized spacial score (nSPS) is 15.8. The number of ether oxygens (including phenoxy) is 1. The topological polar surface area (TPSA) is 78.0 Å². The number of para-hydroxylation sites is 2. The van der Waals surface area contributed by atoms with Gasteiger partial charge in [0.2, 0.25) is 5.91 Å². The predicted octanol–water partition coefficient (Wildman–Crippen LogP) is 3.43. The maximum absolute atomic E-state index is 13.2. The van der Waals surface area contributed by atoms with Crippen LogP contribution in [0.5, 0.6) is 5.75 Å². The van der Waals surface area contributed by atoms with E-state index >= 15 is 0 Å². The van der Waals surface area contributed by atoms with Gasteiger partial charge in [-0.15, -0.1) is 24.0 Å². The van der Waals surface area contributed by atoms with E-state index in [4.69, 9.17) is 0 Å². The van der Waals surface area contributed by atoms with Crippen molar-refractivity contribution >= 4 is 47.2 Å². The fourth-order valence-corrected chi connectivity index (χ4v) is 3.33. The summed E-state index contributed by atoms with van der Waals surface area (Å²) in [5.74, 6) is -0.220. The SMILES string of the molecule is CN=C(NCC(=O)Nc1cccc(F)c1)NC1CCN(c2ccccc2OC(F)F)C1.I. The van der Waals surface area contributed by atoms with Crippen molar-refractivity contribution in [1.29, 1.82) is 0 Å². The van der Waals surface area contributed by atoms with Crippen molar-refractivity contribution < 1.29 is 22.7 Å². The minimum absolute atomic E-state index is 0. The number of hydrogen-bond acceptors (Lipinski definition) is 4. The molecule has 1 amide bonds. The number of halogens is 4. The molecule has 2 aromatic carbocycles. The number of carbonyl (C=O) groups is 1. The van der Waals surface area contributed by atoms with Gasteiger partial charge >= 0.3 is 6.61 Å². The molecule has 1 atom stereocenters. The third-order valence-electron chi connectivity index (χ3n) is 4.70. The molecule has 1 fully saturated rings. The Morgan fingerprint density at radius 3 is 2.75 bits per heavy atom. The van der Waals surface area contributed by atoms with E-state index in [1.165, 1.54) is 24.3 Å². The molecule has 1 saturated heterocycles. The first kappa shape index (κ1) is 25.6. The number of rotatable bonds is 7. The van der Waals surface area contributed by atoms with Gasteiger partial charge in [0.15, 0.2) is 5.96 Å². The van der Waals surface area contributed by atoms with E-state index in [1.54, 1.807) is 31.3 Å². The van der Waals surface area contributed by atoms with Crippen molar-refractivity contribution in [2.24, 2.45) is 4.99 Å². The summed E-state index contributed by atoms with van der Waals surface area (Å²) in [7, 11) is 1.58. The van der Waals surface area contributed by atoms with E-state index in [0.717, 1.165) is 6.42 Å². The molecule has 0 spiro atoms. The highest BCUT2D eigenvalue weighted by atomic mass is 127. The van der Waals surface area contributed by atoms with Gasteiger partial charge in [-0.2, -0.15) is 8.78 Å². The zero-order valence-electron chi connectivity index (χ0n) is 17.4. The number of benzene rings is 2. The van der Waals surface area contributed by atoms with Crippen molar-refractivity contribution in [3.63, 3.8) is 0 Å². The summed E-state index contributed by atoms with van der Waals surface area (Å²) < 4.78 is 43.1. The molecular formula is C21H25F3IN5O2. The van der Waals surface area contributed by atoms with Crippen LogP contribution in [0.1, 0.15) is 6.42 Å².